The van der Waals surface area contributed by atoms with E-state index in [0.29, 0.717) is 0 Å². The first kappa shape index (κ1) is 17.1. The fraction of sp³-hybridized carbons (Fsp3) is 0.263. The van der Waals surface area contributed by atoms with Gasteiger partial charge in [0.2, 0.25) is 0 Å². The molecule has 0 bridgehead atoms. The molecule has 3 aromatic heterocycles. The van der Waals surface area contributed by atoms with Gasteiger partial charge >= 0.3 is 0 Å². The number of hydrogen-bond acceptors (Lipinski definition) is 5. The molecule has 0 atom stereocenters. The van der Waals surface area contributed by atoms with Crippen LogP contribution in [-0.2, 0) is 13.5 Å². The summed E-state index contributed by atoms with van der Waals surface area (Å²) in [4.78, 5) is 10.6. The zero-order valence-electron chi connectivity index (χ0n) is 15.2. The molecular formula is C19H20FN7. The van der Waals surface area contributed by atoms with Crippen LogP contribution in [0.1, 0.15) is 12.1 Å². The maximum Gasteiger partial charge on any atom is 0.160 e. The standard InChI is InChI=1S/C19H20FN7/c1-26(19-16-11-23-24-18(16)21-12-22-19)9-3-4-15-10-17(27(2)25-15)13-5-7-14(20)8-6-13/h5-8,10-12H,3-4,9H2,1-2H3,(H,21,22,23,24). The predicted octanol–water partition coefficient (Wildman–Crippen LogP) is 2.96. The molecule has 0 aliphatic rings. The van der Waals surface area contributed by atoms with Crippen LogP contribution in [0.5, 0.6) is 0 Å². The van der Waals surface area contributed by atoms with E-state index in [1.165, 1.54) is 12.1 Å². The van der Waals surface area contributed by atoms with Gasteiger partial charge in [0.1, 0.15) is 18.0 Å². The number of aromatic nitrogens is 6. The van der Waals surface area contributed by atoms with Crippen molar-refractivity contribution in [2.24, 2.45) is 7.05 Å². The molecule has 0 unspecified atom stereocenters. The number of fused-ring (bicyclic) bond motifs is 1. The summed E-state index contributed by atoms with van der Waals surface area (Å²) in [5, 5.41) is 12.4. The van der Waals surface area contributed by atoms with Crippen LogP contribution in [0.2, 0.25) is 0 Å². The van der Waals surface area contributed by atoms with Gasteiger partial charge in [-0.15, -0.1) is 0 Å². The van der Waals surface area contributed by atoms with E-state index < -0.39 is 0 Å². The predicted molar refractivity (Wildman–Crippen MR) is 102 cm³/mol. The second kappa shape index (κ2) is 7.14. The molecule has 0 aliphatic heterocycles. The molecule has 1 aromatic carbocycles. The Balaban J connectivity index is 1.41. The number of halogens is 1. The monoisotopic (exact) mass is 365 g/mol. The van der Waals surface area contributed by atoms with Gasteiger partial charge in [-0.25, -0.2) is 14.4 Å². The first-order chi connectivity index (χ1) is 13.1. The van der Waals surface area contributed by atoms with Gasteiger partial charge < -0.3 is 4.90 Å². The Kier molecular flexibility index (Phi) is 4.53. The summed E-state index contributed by atoms with van der Waals surface area (Å²) in [5.41, 5.74) is 3.69. The Hall–Kier alpha value is -3.29. The fourth-order valence-corrected chi connectivity index (χ4v) is 3.20. The Morgan fingerprint density at radius 2 is 2.00 bits per heavy atom. The molecule has 8 heteroatoms. The lowest BCUT2D eigenvalue weighted by molar-refractivity contribution is 0.628. The second-order valence-electron chi connectivity index (χ2n) is 6.51. The molecule has 0 saturated carbocycles. The number of benzene rings is 1. The number of nitrogens with one attached hydrogen (secondary N) is 1. The van der Waals surface area contributed by atoms with Gasteiger partial charge in [-0.05, 0) is 48.7 Å². The van der Waals surface area contributed by atoms with Gasteiger partial charge in [-0.3, -0.25) is 9.78 Å². The molecule has 0 spiro atoms. The maximum absolute atomic E-state index is 13.1. The summed E-state index contributed by atoms with van der Waals surface area (Å²) >= 11 is 0. The second-order valence-corrected chi connectivity index (χ2v) is 6.51. The van der Waals surface area contributed by atoms with Crippen molar-refractivity contribution in [1.29, 1.82) is 0 Å². The van der Waals surface area contributed by atoms with Crippen molar-refractivity contribution >= 4 is 16.9 Å². The molecule has 4 aromatic rings. The van der Waals surface area contributed by atoms with Crippen LogP contribution in [-0.4, -0.2) is 43.5 Å². The van der Waals surface area contributed by atoms with E-state index in [-0.39, 0.29) is 5.82 Å². The summed E-state index contributed by atoms with van der Waals surface area (Å²) < 4.78 is 15.0. The summed E-state index contributed by atoms with van der Waals surface area (Å²) in [6, 6.07) is 8.54. The number of aryl methyl sites for hydroxylation is 2. The molecule has 27 heavy (non-hydrogen) atoms. The van der Waals surface area contributed by atoms with Crippen molar-refractivity contribution in [3.05, 3.63) is 54.4 Å². The molecule has 1 N–H and O–H groups in total. The van der Waals surface area contributed by atoms with Crippen LogP contribution in [0.25, 0.3) is 22.3 Å². The third-order valence-corrected chi connectivity index (χ3v) is 4.59. The van der Waals surface area contributed by atoms with Crippen LogP contribution in [0.15, 0.2) is 42.9 Å². The van der Waals surface area contributed by atoms with Crippen LogP contribution in [0, 0.1) is 5.82 Å². The van der Waals surface area contributed by atoms with E-state index in [0.717, 1.165) is 53.2 Å². The minimum Gasteiger partial charge on any atom is -0.359 e. The van der Waals surface area contributed by atoms with Gasteiger partial charge in [0, 0.05) is 20.6 Å². The van der Waals surface area contributed by atoms with E-state index in [1.54, 1.807) is 24.7 Å². The Morgan fingerprint density at radius 3 is 2.81 bits per heavy atom. The van der Waals surface area contributed by atoms with Crippen molar-refractivity contribution in [2.75, 3.05) is 18.5 Å². The number of anilines is 1. The molecule has 3 heterocycles. The first-order valence-corrected chi connectivity index (χ1v) is 8.76. The lowest BCUT2D eigenvalue weighted by Gasteiger charge is -2.17. The Bertz CT molecular complexity index is 1050. The minimum absolute atomic E-state index is 0.236. The number of rotatable bonds is 6. The zero-order chi connectivity index (χ0) is 18.8. The van der Waals surface area contributed by atoms with Crippen LogP contribution >= 0.6 is 0 Å². The third kappa shape index (κ3) is 3.51. The van der Waals surface area contributed by atoms with Gasteiger partial charge in [-0.2, -0.15) is 10.2 Å². The quantitative estimate of drug-likeness (QED) is 0.569. The highest BCUT2D eigenvalue weighted by atomic mass is 19.1. The van der Waals surface area contributed by atoms with Gasteiger partial charge in [0.05, 0.1) is 23.0 Å². The van der Waals surface area contributed by atoms with Crippen molar-refractivity contribution in [3.63, 3.8) is 0 Å². The van der Waals surface area contributed by atoms with Crippen LogP contribution in [0.4, 0.5) is 10.2 Å². The third-order valence-electron chi connectivity index (χ3n) is 4.59. The molecule has 7 nitrogen and oxygen atoms in total. The van der Waals surface area contributed by atoms with Crippen LogP contribution < -0.4 is 4.90 Å². The van der Waals surface area contributed by atoms with E-state index in [9.17, 15) is 4.39 Å². The average Bonchev–Trinajstić information content (AvgIpc) is 3.28. The van der Waals surface area contributed by atoms with Crippen molar-refractivity contribution in [3.8, 4) is 11.3 Å². The summed E-state index contributed by atoms with van der Waals surface area (Å²) in [6.45, 7) is 0.833. The number of H-pyrrole nitrogens is 1. The Morgan fingerprint density at radius 1 is 1.19 bits per heavy atom. The molecule has 0 aliphatic carbocycles. The average molecular weight is 365 g/mol. The lowest BCUT2D eigenvalue weighted by Crippen LogP contribution is -2.20. The molecule has 0 radical (unpaired) electrons. The largest absolute Gasteiger partial charge is 0.359 e. The minimum atomic E-state index is -0.236. The van der Waals surface area contributed by atoms with E-state index in [4.69, 9.17) is 0 Å². The summed E-state index contributed by atoms with van der Waals surface area (Å²) in [7, 11) is 3.92. The number of aromatic amines is 1. The summed E-state index contributed by atoms with van der Waals surface area (Å²) in [5.74, 6) is 0.627. The van der Waals surface area contributed by atoms with E-state index >= 15 is 0 Å². The smallest absolute Gasteiger partial charge is 0.160 e. The zero-order valence-corrected chi connectivity index (χ0v) is 15.2. The molecule has 138 valence electrons. The SMILES string of the molecule is CN(CCCc1cc(-c2ccc(F)cc2)n(C)n1)c1ncnc2[nH]ncc12. The molecule has 0 amide bonds. The number of hydrogen-bond donors (Lipinski definition) is 1. The summed E-state index contributed by atoms with van der Waals surface area (Å²) in [6.07, 6.45) is 5.06. The van der Waals surface area contributed by atoms with Gasteiger partial charge in [-0.1, -0.05) is 0 Å². The highest BCUT2D eigenvalue weighted by Crippen LogP contribution is 2.22. The lowest BCUT2D eigenvalue weighted by atomic mass is 10.1. The maximum atomic E-state index is 13.1. The van der Waals surface area contributed by atoms with Crippen molar-refractivity contribution < 1.29 is 4.39 Å². The topological polar surface area (TPSA) is 75.5 Å². The number of nitrogens with zero attached hydrogens (tertiary/aromatic N) is 6. The van der Waals surface area contributed by atoms with E-state index in [1.807, 2.05) is 18.8 Å². The van der Waals surface area contributed by atoms with Crippen LogP contribution in [0.3, 0.4) is 0 Å². The molecule has 4 rings (SSSR count). The molecular weight excluding hydrogens is 345 g/mol. The normalized spacial score (nSPS) is 11.2. The highest BCUT2D eigenvalue weighted by molar-refractivity contribution is 5.85. The molecule has 0 fully saturated rings. The van der Waals surface area contributed by atoms with Crippen molar-refractivity contribution in [1.82, 2.24) is 29.9 Å². The molecule has 0 saturated heterocycles. The Labute approximate surface area is 155 Å². The van der Waals surface area contributed by atoms with Gasteiger partial charge in [0.15, 0.2) is 5.65 Å². The fourth-order valence-electron chi connectivity index (χ4n) is 3.20. The first-order valence-electron chi connectivity index (χ1n) is 8.76. The van der Waals surface area contributed by atoms with Crippen molar-refractivity contribution in [2.45, 2.75) is 12.8 Å². The van der Waals surface area contributed by atoms with Gasteiger partial charge in [0.25, 0.3) is 0 Å². The highest BCUT2D eigenvalue weighted by Gasteiger charge is 2.11. The van der Waals surface area contributed by atoms with E-state index in [2.05, 4.69) is 36.2 Å².